The SMILES string of the molecule is CC(=O)O.COc1ccc2c3c1O[C@H]1C[C@@H](O)C=C[C@@]31CCN(C)C2. The largest absolute Gasteiger partial charge is 0.493 e. The predicted molar refractivity (Wildman–Crippen MR) is 93.1 cm³/mol. The van der Waals surface area contributed by atoms with Gasteiger partial charge in [-0.1, -0.05) is 18.2 Å². The molecule has 2 aliphatic heterocycles. The average Bonchev–Trinajstić information content (AvgIpc) is 2.79. The zero-order chi connectivity index (χ0) is 18.2. The third kappa shape index (κ3) is 3.12. The monoisotopic (exact) mass is 347 g/mol. The van der Waals surface area contributed by atoms with E-state index in [4.69, 9.17) is 19.4 Å². The summed E-state index contributed by atoms with van der Waals surface area (Å²) in [6.45, 7) is 3.04. The number of ether oxygens (including phenoxy) is 2. The molecule has 0 amide bonds. The van der Waals surface area contributed by atoms with Crippen molar-refractivity contribution in [2.24, 2.45) is 0 Å². The number of aliphatic carboxylic acids is 1. The standard InChI is InChI=1S/C17H21NO3.C2H4O2/c1-18-8-7-17-6-5-12(19)9-14(17)21-16-13(20-2)4-3-11(10-18)15(16)17;1-2(3)4/h3-6,12,14,19H,7-10H2,1-2H3;1H3,(H,3,4)/t12-,14-,17-;/m0./s1. The number of hydrogen-bond acceptors (Lipinski definition) is 5. The predicted octanol–water partition coefficient (Wildman–Crippen LogP) is 1.94. The summed E-state index contributed by atoms with van der Waals surface area (Å²) < 4.78 is 11.8. The van der Waals surface area contributed by atoms with Crippen LogP contribution in [0.3, 0.4) is 0 Å². The Morgan fingerprint density at radius 3 is 2.84 bits per heavy atom. The highest BCUT2D eigenvalue weighted by Gasteiger charge is 2.52. The zero-order valence-electron chi connectivity index (χ0n) is 14.9. The summed E-state index contributed by atoms with van der Waals surface area (Å²) >= 11 is 0. The number of nitrogens with zero attached hydrogens (tertiary/aromatic N) is 1. The smallest absolute Gasteiger partial charge is 0.300 e. The Bertz CT molecular complexity index is 697. The lowest BCUT2D eigenvalue weighted by atomic mass is 9.69. The van der Waals surface area contributed by atoms with Gasteiger partial charge in [-0.2, -0.15) is 0 Å². The van der Waals surface area contributed by atoms with Crippen molar-refractivity contribution in [3.05, 3.63) is 35.4 Å². The molecule has 0 unspecified atom stereocenters. The number of aliphatic hydroxyl groups excluding tert-OH is 1. The van der Waals surface area contributed by atoms with Gasteiger partial charge in [0, 0.05) is 25.5 Å². The Labute approximate surface area is 147 Å². The van der Waals surface area contributed by atoms with Crippen molar-refractivity contribution in [2.75, 3.05) is 20.7 Å². The number of rotatable bonds is 1. The van der Waals surface area contributed by atoms with Crippen LogP contribution in [0.5, 0.6) is 11.5 Å². The van der Waals surface area contributed by atoms with Crippen LogP contribution >= 0.6 is 0 Å². The Balaban J connectivity index is 0.000000415. The summed E-state index contributed by atoms with van der Waals surface area (Å²) in [5.74, 6) is 0.851. The summed E-state index contributed by atoms with van der Waals surface area (Å²) in [4.78, 5) is 11.4. The van der Waals surface area contributed by atoms with Crippen LogP contribution in [0.1, 0.15) is 30.9 Å². The van der Waals surface area contributed by atoms with Gasteiger partial charge in [0.25, 0.3) is 5.97 Å². The van der Waals surface area contributed by atoms with E-state index in [2.05, 4.69) is 24.1 Å². The molecule has 3 atom stereocenters. The van der Waals surface area contributed by atoms with E-state index >= 15 is 0 Å². The summed E-state index contributed by atoms with van der Waals surface area (Å²) in [5.41, 5.74) is 2.48. The van der Waals surface area contributed by atoms with E-state index in [0.29, 0.717) is 6.42 Å². The molecular formula is C19H25NO5. The number of carbonyl (C=O) groups is 1. The minimum absolute atomic E-state index is 0.00838. The third-order valence-electron chi connectivity index (χ3n) is 5.15. The Morgan fingerprint density at radius 2 is 2.16 bits per heavy atom. The molecule has 2 N–H and O–H groups in total. The van der Waals surface area contributed by atoms with Gasteiger partial charge in [-0.3, -0.25) is 4.79 Å². The fourth-order valence-corrected chi connectivity index (χ4v) is 4.08. The highest BCUT2D eigenvalue weighted by Crippen LogP contribution is 2.55. The van der Waals surface area contributed by atoms with Gasteiger partial charge in [0.15, 0.2) is 11.5 Å². The summed E-state index contributed by atoms with van der Waals surface area (Å²) in [5, 5.41) is 17.4. The Hall–Kier alpha value is -2.05. The molecule has 6 heteroatoms. The lowest BCUT2D eigenvalue weighted by Crippen LogP contribution is -2.42. The van der Waals surface area contributed by atoms with Crippen molar-refractivity contribution in [1.29, 1.82) is 0 Å². The molecule has 0 bridgehead atoms. The number of methoxy groups -OCH3 is 1. The summed E-state index contributed by atoms with van der Waals surface area (Å²) in [6.07, 6.45) is 5.38. The Kier molecular flexibility index (Phi) is 4.75. The maximum atomic E-state index is 9.97. The van der Waals surface area contributed by atoms with E-state index in [-0.39, 0.29) is 11.5 Å². The first-order chi connectivity index (χ1) is 11.9. The fraction of sp³-hybridized carbons (Fsp3) is 0.526. The Morgan fingerprint density at radius 1 is 1.44 bits per heavy atom. The van der Waals surface area contributed by atoms with Crippen LogP contribution in [0.25, 0.3) is 0 Å². The molecule has 2 heterocycles. The third-order valence-corrected chi connectivity index (χ3v) is 5.15. The van der Waals surface area contributed by atoms with Gasteiger partial charge in [0.05, 0.1) is 18.6 Å². The number of benzene rings is 1. The van der Waals surface area contributed by atoms with Gasteiger partial charge in [0.2, 0.25) is 0 Å². The molecular weight excluding hydrogens is 322 g/mol. The number of carboxylic acid groups (broad SMARTS) is 1. The maximum Gasteiger partial charge on any atom is 0.300 e. The molecule has 0 saturated carbocycles. The molecule has 6 nitrogen and oxygen atoms in total. The first kappa shape index (κ1) is 17.8. The first-order valence-corrected chi connectivity index (χ1v) is 8.50. The molecule has 25 heavy (non-hydrogen) atoms. The zero-order valence-corrected chi connectivity index (χ0v) is 14.9. The molecule has 0 saturated heterocycles. The van der Waals surface area contributed by atoms with Crippen molar-refractivity contribution in [1.82, 2.24) is 4.90 Å². The summed E-state index contributed by atoms with van der Waals surface area (Å²) in [6, 6.07) is 4.16. The van der Waals surface area contributed by atoms with E-state index in [1.54, 1.807) is 7.11 Å². The van der Waals surface area contributed by atoms with E-state index in [1.165, 1.54) is 11.1 Å². The van der Waals surface area contributed by atoms with Crippen molar-refractivity contribution in [3.63, 3.8) is 0 Å². The van der Waals surface area contributed by atoms with Crippen LogP contribution in [-0.2, 0) is 16.8 Å². The lowest BCUT2D eigenvalue weighted by molar-refractivity contribution is -0.134. The van der Waals surface area contributed by atoms with Gasteiger partial charge < -0.3 is 24.6 Å². The van der Waals surface area contributed by atoms with Crippen LogP contribution in [0.2, 0.25) is 0 Å². The van der Waals surface area contributed by atoms with Crippen LogP contribution < -0.4 is 9.47 Å². The van der Waals surface area contributed by atoms with Gasteiger partial charge in [0.1, 0.15) is 6.10 Å². The summed E-state index contributed by atoms with van der Waals surface area (Å²) in [7, 11) is 3.84. The van der Waals surface area contributed by atoms with E-state index in [1.807, 2.05) is 12.1 Å². The topological polar surface area (TPSA) is 79.2 Å². The highest BCUT2D eigenvalue weighted by molar-refractivity contribution is 5.63. The van der Waals surface area contributed by atoms with Gasteiger partial charge >= 0.3 is 0 Å². The highest BCUT2D eigenvalue weighted by atomic mass is 16.5. The molecule has 1 aliphatic carbocycles. The fourth-order valence-electron chi connectivity index (χ4n) is 4.08. The van der Waals surface area contributed by atoms with Crippen molar-refractivity contribution < 1.29 is 24.5 Å². The van der Waals surface area contributed by atoms with Crippen molar-refractivity contribution >= 4 is 5.97 Å². The first-order valence-electron chi connectivity index (χ1n) is 8.50. The van der Waals surface area contributed by atoms with Gasteiger partial charge in [-0.15, -0.1) is 0 Å². The van der Waals surface area contributed by atoms with E-state index in [9.17, 15) is 5.11 Å². The molecule has 0 fully saturated rings. The van der Waals surface area contributed by atoms with Crippen molar-refractivity contribution in [3.8, 4) is 11.5 Å². The van der Waals surface area contributed by atoms with Gasteiger partial charge in [-0.25, -0.2) is 0 Å². The molecule has 1 aromatic carbocycles. The van der Waals surface area contributed by atoms with Crippen LogP contribution in [0, 0.1) is 0 Å². The number of carboxylic acids is 1. The minimum atomic E-state index is -0.833. The molecule has 0 aromatic heterocycles. The average molecular weight is 347 g/mol. The second-order valence-electron chi connectivity index (χ2n) is 6.95. The molecule has 4 rings (SSSR count). The molecule has 3 aliphatic rings. The normalized spacial score (nSPS) is 29.4. The minimum Gasteiger partial charge on any atom is -0.493 e. The van der Waals surface area contributed by atoms with Crippen LogP contribution in [0.15, 0.2) is 24.3 Å². The van der Waals surface area contributed by atoms with Crippen LogP contribution in [0.4, 0.5) is 0 Å². The lowest BCUT2D eigenvalue weighted by Gasteiger charge is -2.35. The quantitative estimate of drug-likeness (QED) is 0.756. The van der Waals surface area contributed by atoms with Crippen LogP contribution in [-0.4, -0.2) is 54.0 Å². The second kappa shape index (κ2) is 6.69. The van der Waals surface area contributed by atoms with E-state index < -0.39 is 12.1 Å². The molecule has 1 aromatic rings. The second-order valence-corrected chi connectivity index (χ2v) is 6.95. The molecule has 1 spiro atoms. The number of hydrogen-bond donors (Lipinski definition) is 2. The maximum absolute atomic E-state index is 9.97. The molecule has 0 radical (unpaired) electrons. The van der Waals surface area contributed by atoms with Crippen molar-refractivity contribution in [2.45, 2.75) is 43.9 Å². The number of aliphatic hydroxyl groups is 1. The van der Waals surface area contributed by atoms with E-state index in [0.717, 1.165) is 37.9 Å². The molecule has 136 valence electrons. The van der Waals surface area contributed by atoms with Gasteiger partial charge in [-0.05, 0) is 31.6 Å².